The van der Waals surface area contributed by atoms with Crippen LogP contribution >= 0.6 is 0 Å². The van der Waals surface area contributed by atoms with Crippen molar-refractivity contribution in [2.75, 3.05) is 13.1 Å². The number of epoxide rings is 1. The Hall–Kier alpha value is -0.770. The van der Waals surface area contributed by atoms with Crippen molar-refractivity contribution in [2.45, 2.75) is 70.2 Å². The Morgan fingerprint density at radius 2 is 2.05 bits per heavy atom. The molecule has 1 spiro atoms. The molecule has 4 nitrogen and oxygen atoms in total. The van der Waals surface area contributed by atoms with Crippen LogP contribution in [0.4, 0.5) is 4.79 Å². The van der Waals surface area contributed by atoms with Gasteiger partial charge in [-0.25, -0.2) is 4.79 Å². The highest BCUT2D eigenvalue weighted by Crippen LogP contribution is 2.56. The predicted octanol–water partition coefficient (Wildman–Crippen LogP) is 2.96. The fourth-order valence-electron chi connectivity index (χ4n) is 3.42. The third-order valence-electron chi connectivity index (χ3n) is 4.56. The molecule has 2 unspecified atom stereocenters. The lowest BCUT2D eigenvalue weighted by atomic mass is 9.77. The maximum Gasteiger partial charge on any atom is 0.410 e. The zero-order chi connectivity index (χ0) is 13.7. The van der Waals surface area contributed by atoms with Crippen molar-refractivity contribution < 1.29 is 14.3 Å². The number of piperidine rings is 1. The van der Waals surface area contributed by atoms with Gasteiger partial charge in [0.05, 0.1) is 11.7 Å². The minimum absolute atomic E-state index is 0.166. The number of amides is 1. The van der Waals surface area contributed by atoms with Crippen LogP contribution in [0, 0.1) is 5.92 Å². The van der Waals surface area contributed by atoms with E-state index in [0.29, 0.717) is 12.0 Å². The molecule has 0 aromatic rings. The first-order chi connectivity index (χ1) is 8.90. The van der Waals surface area contributed by atoms with Gasteiger partial charge in [-0.3, -0.25) is 0 Å². The van der Waals surface area contributed by atoms with Gasteiger partial charge < -0.3 is 14.4 Å². The third kappa shape index (κ3) is 2.60. The summed E-state index contributed by atoms with van der Waals surface area (Å²) in [6, 6.07) is 0. The number of rotatable bonds is 1. The molecule has 2 heterocycles. The molecule has 2 aliphatic heterocycles. The molecule has 2 atom stereocenters. The van der Waals surface area contributed by atoms with E-state index in [1.54, 1.807) is 0 Å². The van der Waals surface area contributed by atoms with Crippen LogP contribution in [-0.2, 0) is 9.47 Å². The van der Waals surface area contributed by atoms with Crippen molar-refractivity contribution in [1.82, 2.24) is 4.90 Å². The van der Waals surface area contributed by atoms with Gasteiger partial charge in [-0.05, 0) is 52.9 Å². The van der Waals surface area contributed by atoms with Crippen LogP contribution in [0.15, 0.2) is 0 Å². The van der Waals surface area contributed by atoms with E-state index >= 15 is 0 Å². The zero-order valence-electron chi connectivity index (χ0n) is 12.3. The van der Waals surface area contributed by atoms with Crippen LogP contribution in [0.1, 0.15) is 52.9 Å². The highest BCUT2D eigenvalue weighted by Gasteiger charge is 2.62. The number of carbonyl (C=O) groups is 1. The summed E-state index contributed by atoms with van der Waals surface area (Å²) in [4.78, 5) is 14.0. The summed E-state index contributed by atoms with van der Waals surface area (Å²) in [6.07, 6.45) is 6.25. The molecule has 0 aromatic carbocycles. The SMILES string of the molecule is CC(C)(C)OC(=O)N1CCCC(C2OC23CCC3)C1. The number of likely N-dealkylation sites (tertiary alicyclic amines) is 1. The van der Waals surface area contributed by atoms with Gasteiger partial charge in [0.1, 0.15) is 5.60 Å². The van der Waals surface area contributed by atoms with Crippen molar-refractivity contribution in [2.24, 2.45) is 5.92 Å². The van der Waals surface area contributed by atoms with Crippen LogP contribution in [0.25, 0.3) is 0 Å². The Morgan fingerprint density at radius 3 is 2.58 bits per heavy atom. The summed E-state index contributed by atoms with van der Waals surface area (Å²) >= 11 is 0. The number of nitrogens with zero attached hydrogens (tertiary/aromatic N) is 1. The van der Waals surface area contributed by atoms with E-state index in [1.807, 2.05) is 25.7 Å². The van der Waals surface area contributed by atoms with E-state index in [1.165, 1.54) is 25.7 Å². The van der Waals surface area contributed by atoms with Gasteiger partial charge in [0.15, 0.2) is 0 Å². The fraction of sp³-hybridized carbons (Fsp3) is 0.933. The Morgan fingerprint density at radius 1 is 1.32 bits per heavy atom. The summed E-state index contributed by atoms with van der Waals surface area (Å²) < 4.78 is 11.4. The van der Waals surface area contributed by atoms with Crippen LogP contribution in [0.2, 0.25) is 0 Å². The second-order valence-corrected chi connectivity index (χ2v) is 7.29. The van der Waals surface area contributed by atoms with E-state index < -0.39 is 5.60 Å². The molecule has 108 valence electrons. The summed E-state index contributed by atoms with van der Waals surface area (Å²) in [5.41, 5.74) is -0.184. The highest BCUT2D eigenvalue weighted by atomic mass is 16.6. The molecule has 0 radical (unpaired) electrons. The first-order valence-electron chi connectivity index (χ1n) is 7.55. The molecular weight excluding hydrogens is 242 g/mol. The maximum absolute atomic E-state index is 12.1. The average Bonchev–Trinajstić information content (AvgIpc) is 3.02. The van der Waals surface area contributed by atoms with Gasteiger partial charge in [0, 0.05) is 19.0 Å². The van der Waals surface area contributed by atoms with Gasteiger partial charge in [-0.1, -0.05) is 0 Å². The summed E-state index contributed by atoms with van der Waals surface area (Å²) in [7, 11) is 0. The minimum atomic E-state index is -0.407. The normalized spacial score (nSPS) is 32.9. The van der Waals surface area contributed by atoms with Crippen molar-refractivity contribution in [1.29, 1.82) is 0 Å². The first-order valence-corrected chi connectivity index (χ1v) is 7.55. The lowest BCUT2D eigenvalue weighted by Crippen LogP contribution is -2.45. The molecule has 3 rings (SSSR count). The number of hydrogen-bond donors (Lipinski definition) is 0. The van der Waals surface area contributed by atoms with Crippen LogP contribution in [0.5, 0.6) is 0 Å². The quantitative estimate of drug-likeness (QED) is 0.686. The van der Waals surface area contributed by atoms with E-state index in [-0.39, 0.29) is 11.7 Å². The van der Waals surface area contributed by atoms with Gasteiger partial charge in [-0.2, -0.15) is 0 Å². The molecule has 3 fully saturated rings. The fourth-order valence-corrected chi connectivity index (χ4v) is 3.42. The molecule has 0 N–H and O–H groups in total. The molecule has 2 saturated heterocycles. The van der Waals surface area contributed by atoms with Crippen LogP contribution < -0.4 is 0 Å². The topological polar surface area (TPSA) is 42.1 Å². The van der Waals surface area contributed by atoms with E-state index in [9.17, 15) is 4.79 Å². The monoisotopic (exact) mass is 267 g/mol. The van der Waals surface area contributed by atoms with E-state index in [0.717, 1.165) is 19.5 Å². The molecule has 0 bridgehead atoms. The summed E-state index contributed by atoms with van der Waals surface area (Å²) in [5.74, 6) is 0.515. The standard InChI is InChI=1S/C15H25NO3/c1-14(2,3)19-13(17)16-9-4-6-11(10-16)12-15(18-12)7-5-8-15/h11-12H,4-10H2,1-3H3. The number of hydrogen-bond acceptors (Lipinski definition) is 3. The number of carbonyl (C=O) groups excluding carboxylic acids is 1. The Balaban J connectivity index is 1.55. The van der Waals surface area contributed by atoms with Gasteiger partial charge in [0.25, 0.3) is 0 Å². The van der Waals surface area contributed by atoms with Crippen molar-refractivity contribution >= 4 is 6.09 Å². The van der Waals surface area contributed by atoms with Gasteiger partial charge in [-0.15, -0.1) is 0 Å². The molecule has 0 aromatic heterocycles. The van der Waals surface area contributed by atoms with Gasteiger partial charge in [0.2, 0.25) is 0 Å². The largest absolute Gasteiger partial charge is 0.444 e. The minimum Gasteiger partial charge on any atom is -0.444 e. The molecule has 1 saturated carbocycles. The van der Waals surface area contributed by atoms with E-state index in [2.05, 4.69) is 0 Å². The second kappa shape index (κ2) is 4.37. The third-order valence-corrected chi connectivity index (χ3v) is 4.56. The van der Waals surface area contributed by atoms with Crippen LogP contribution in [-0.4, -0.2) is 41.4 Å². The smallest absolute Gasteiger partial charge is 0.410 e. The van der Waals surface area contributed by atoms with Crippen LogP contribution in [0.3, 0.4) is 0 Å². The summed E-state index contributed by atoms with van der Waals surface area (Å²) in [6.45, 7) is 7.38. The van der Waals surface area contributed by atoms with Crippen molar-refractivity contribution in [3.8, 4) is 0 Å². The average molecular weight is 267 g/mol. The van der Waals surface area contributed by atoms with E-state index in [4.69, 9.17) is 9.47 Å². The number of ether oxygens (including phenoxy) is 2. The molecule has 19 heavy (non-hydrogen) atoms. The second-order valence-electron chi connectivity index (χ2n) is 7.29. The zero-order valence-corrected chi connectivity index (χ0v) is 12.3. The Bertz CT molecular complexity index is 370. The molecule has 1 amide bonds. The predicted molar refractivity (Wildman–Crippen MR) is 72.0 cm³/mol. The Kier molecular flexibility index (Phi) is 3.04. The van der Waals surface area contributed by atoms with Gasteiger partial charge >= 0.3 is 6.09 Å². The highest BCUT2D eigenvalue weighted by molar-refractivity contribution is 5.68. The molecular formula is C15H25NO3. The van der Waals surface area contributed by atoms with Crippen molar-refractivity contribution in [3.63, 3.8) is 0 Å². The van der Waals surface area contributed by atoms with Crippen molar-refractivity contribution in [3.05, 3.63) is 0 Å². The molecule has 3 aliphatic rings. The maximum atomic E-state index is 12.1. The lowest BCUT2D eigenvalue weighted by molar-refractivity contribution is 0.0151. The molecule has 4 heteroatoms. The lowest BCUT2D eigenvalue weighted by Gasteiger charge is -2.34. The molecule has 1 aliphatic carbocycles. The summed E-state index contributed by atoms with van der Waals surface area (Å²) in [5, 5.41) is 0. The Labute approximate surface area is 115 Å². The first kappa shape index (κ1) is 13.2.